The van der Waals surface area contributed by atoms with E-state index in [2.05, 4.69) is 28.9 Å². The second-order valence-corrected chi connectivity index (χ2v) is 4.46. The van der Waals surface area contributed by atoms with E-state index in [0.29, 0.717) is 0 Å². The van der Waals surface area contributed by atoms with Gasteiger partial charge in [-0.1, -0.05) is 22.0 Å². The van der Waals surface area contributed by atoms with Gasteiger partial charge in [-0.3, -0.25) is 0 Å². The van der Waals surface area contributed by atoms with Crippen LogP contribution in [-0.4, -0.2) is 18.8 Å². The molecule has 1 rings (SSSR count). The summed E-state index contributed by atoms with van der Waals surface area (Å²) in [4.78, 5) is 0. The van der Waals surface area contributed by atoms with Gasteiger partial charge in [0.1, 0.15) is 5.75 Å². The van der Waals surface area contributed by atoms with Crippen LogP contribution in [0.1, 0.15) is 23.1 Å². The van der Waals surface area contributed by atoms with E-state index in [4.69, 9.17) is 9.84 Å². The maximum Gasteiger partial charge on any atom is 0.126 e. The van der Waals surface area contributed by atoms with Crippen molar-refractivity contribution >= 4 is 15.9 Å². The molecule has 0 aliphatic carbocycles. The summed E-state index contributed by atoms with van der Waals surface area (Å²) < 4.78 is 6.49. The smallest absolute Gasteiger partial charge is 0.126 e. The van der Waals surface area contributed by atoms with E-state index in [0.717, 1.165) is 34.2 Å². The highest BCUT2D eigenvalue weighted by atomic mass is 79.9. The summed E-state index contributed by atoms with van der Waals surface area (Å²) in [7, 11) is 1.69. The highest BCUT2D eigenvalue weighted by Crippen LogP contribution is 2.34. The molecule has 0 aromatic heterocycles. The highest BCUT2D eigenvalue weighted by molar-refractivity contribution is 9.10. The molecule has 0 saturated heterocycles. The van der Waals surface area contributed by atoms with Crippen LogP contribution >= 0.6 is 15.9 Å². The number of methoxy groups -OCH3 is 1. The molecule has 1 aromatic rings. The lowest BCUT2D eigenvalue weighted by Crippen LogP contribution is -1.99. The molecule has 0 spiro atoms. The summed E-state index contributed by atoms with van der Waals surface area (Å²) in [5, 5.41) is 8.86. The van der Waals surface area contributed by atoms with Gasteiger partial charge >= 0.3 is 0 Å². The topological polar surface area (TPSA) is 29.5 Å². The Hall–Kier alpha value is -0.540. The van der Waals surface area contributed by atoms with E-state index >= 15 is 0 Å². The standard InChI is InChI=1S/C12H17BrO2/c1-8-7-9(2)12(15-3)10(11(8)13)5-4-6-14/h7,14H,4-6H2,1-3H3. The summed E-state index contributed by atoms with van der Waals surface area (Å²) in [6.07, 6.45) is 1.60. The first-order valence-electron chi connectivity index (χ1n) is 5.05. The summed E-state index contributed by atoms with van der Waals surface area (Å²) in [5.41, 5.74) is 3.51. The fraction of sp³-hybridized carbons (Fsp3) is 0.500. The maximum absolute atomic E-state index is 8.86. The molecule has 1 N–H and O–H groups in total. The monoisotopic (exact) mass is 272 g/mol. The van der Waals surface area contributed by atoms with E-state index in [1.165, 1.54) is 5.56 Å². The normalized spacial score (nSPS) is 10.5. The van der Waals surface area contributed by atoms with Gasteiger partial charge in [-0.15, -0.1) is 0 Å². The van der Waals surface area contributed by atoms with Crippen molar-refractivity contribution in [3.8, 4) is 5.75 Å². The van der Waals surface area contributed by atoms with Crippen LogP contribution < -0.4 is 4.74 Å². The van der Waals surface area contributed by atoms with Gasteiger partial charge < -0.3 is 9.84 Å². The first-order valence-corrected chi connectivity index (χ1v) is 5.84. The number of aryl methyl sites for hydroxylation is 2. The average Bonchev–Trinajstić information content (AvgIpc) is 2.21. The van der Waals surface area contributed by atoms with Gasteiger partial charge in [0, 0.05) is 16.6 Å². The van der Waals surface area contributed by atoms with Crippen LogP contribution in [0.5, 0.6) is 5.75 Å². The van der Waals surface area contributed by atoms with Crippen LogP contribution in [0.15, 0.2) is 10.5 Å². The van der Waals surface area contributed by atoms with Crippen molar-refractivity contribution in [3.63, 3.8) is 0 Å². The van der Waals surface area contributed by atoms with Crippen molar-refractivity contribution in [1.29, 1.82) is 0 Å². The molecule has 0 unspecified atom stereocenters. The zero-order valence-corrected chi connectivity index (χ0v) is 11.0. The maximum atomic E-state index is 8.86. The number of aliphatic hydroxyl groups is 1. The van der Waals surface area contributed by atoms with Crippen molar-refractivity contribution in [2.45, 2.75) is 26.7 Å². The number of ether oxygens (including phenoxy) is 1. The molecular weight excluding hydrogens is 256 g/mol. The van der Waals surface area contributed by atoms with Gasteiger partial charge in [-0.25, -0.2) is 0 Å². The Balaban J connectivity index is 3.18. The number of rotatable bonds is 4. The molecule has 2 nitrogen and oxygen atoms in total. The van der Waals surface area contributed by atoms with Gasteiger partial charge in [-0.2, -0.15) is 0 Å². The fourth-order valence-electron chi connectivity index (χ4n) is 1.79. The van der Waals surface area contributed by atoms with Gasteiger partial charge in [0.15, 0.2) is 0 Å². The van der Waals surface area contributed by atoms with Crippen molar-refractivity contribution in [2.75, 3.05) is 13.7 Å². The Kier molecular flexibility index (Phi) is 4.61. The predicted octanol–water partition coefficient (Wildman–Crippen LogP) is 3.00. The summed E-state index contributed by atoms with van der Waals surface area (Å²) >= 11 is 3.57. The molecule has 0 aliphatic heterocycles. The quantitative estimate of drug-likeness (QED) is 0.913. The Bertz CT molecular complexity index is 348. The summed E-state index contributed by atoms with van der Waals surface area (Å²) in [5.74, 6) is 0.931. The zero-order valence-electron chi connectivity index (χ0n) is 9.43. The molecule has 3 heteroatoms. The van der Waals surface area contributed by atoms with Crippen molar-refractivity contribution < 1.29 is 9.84 Å². The lowest BCUT2D eigenvalue weighted by Gasteiger charge is -2.15. The van der Waals surface area contributed by atoms with Crippen molar-refractivity contribution in [1.82, 2.24) is 0 Å². The van der Waals surface area contributed by atoms with E-state index in [-0.39, 0.29) is 6.61 Å². The number of hydrogen-bond donors (Lipinski definition) is 1. The third-order valence-corrected chi connectivity index (χ3v) is 3.57. The second kappa shape index (κ2) is 5.52. The molecule has 1 aromatic carbocycles. The lowest BCUT2D eigenvalue weighted by molar-refractivity contribution is 0.287. The molecule has 0 saturated carbocycles. The molecule has 0 aliphatic rings. The molecule has 0 atom stereocenters. The van der Waals surface area contributed by atoms with Crippen LogP contribution in [0.2, 0.25) is 0 Å². The zero-order chi connectivity index (χ0) is 11.4. The Labute approximate surface area is 99.4 Å². The van der Waals surface area contributed by atoms with Crippen LogP contribution in [0, 0.1) is 13.8 Å². The third-order valence-electron chi connectivity index (χ3n) is 2.47. The van der Waals surface area contributed by atoms with Crippen LogP contribution in [-0.2, 0) is 6.42 Å². The van der Waals surface area contributed by atoms with Gasteiger partial charge in [-0.05, 0) is 37.8 Å². The largest absolute Gasteiger partial charge is 0.496 e. The molecule has 15 heavy (non-hydrogen) atoms. The number of hydrogen-bond acceptors (Lipinski definition) is 2. The van der Waals surface area contributed by atoms with Gasteiger partial charge in [0.25, 0.3) is 0 Å². The average molecular weight is 273 g/mol. The summed E-state index contributed by atoms with van der Waals surface area (Å²) in [6.45, 7) is 4.32. The molecule has 0 heterocycles. The number of halogens is 1. The van der Waals surface area contributed by atoms with Crippen molar-refractivity contribution in [3.05, 3.63) is 27.2 Å². The predicted molar refractivity (Wildman–Crippen MR) is 65.6 cm³/mol. The Morgan fingerprint density at radius 2 is 2.00 bits per heavy atom. The molecular formula is C12H17BrO2. The van der Waals surface area contributed by atoms with Crippen LogP contribution in [0.25, 0.3) is 0 Å². The number of benzene rings is 1. The van der Waals surface area contributed by atoms with E-state index in [1.54, 1.807) is 7.11 Å². The van der Waals surface area contributed by atoms with Crippen molar-refractivity contribution in [2.24, 2.45) is 0 Å². The SMILES string of the molecule is COc1c(C)cc(C)c(Br)c1CCCO. The van der Waals surface area contributed by atoms with Crippen LogP contribution in [0.4, 0.5) is 0 Å². The second-order valence-electron chi connectivity index (χ2n) is 3.66. The van der Waals surface area contributed by atoms with Crippen LogP contribution in [0.3, 0.4) is 0 Å². The minimum atomic E-state index is 0.211. The molecule has 0 bridgehead atoms. The minimum Gasteiger partial charge on any atom is -0.496 e. The molecule has 0 fully saturated rings. The Morgan fingerprint density at radius 1 is 1.33 bits per heavy atom. The Morgan fingerprint density at radius 3 is 2.53 bits per heavy atom. The first-order chi connectivity index (χ1) is 7.11. The highest BCUT2D eigenvalue weighted by Gasteiger charge is 2.12. The van der Waals surface area contributed by atoms with E-state index < -0.39 is 0 Å². The fourth-order valence-corrected chi connectivity index (χ4v) is 2.29. The lowest BCUT2D eigenvalue weighted by atomic mass is 10.0. The summed E-state index contributed by atoms with van der Waals surface area (Å²) in [6, 6.07) is 2.10. The minimum absolute atomic E-state index is 0.211. The first kappa shape index (κ1) is 12.5. The third kappa shape index (κ3) is 2.73. The number of aliphatic hydroxyl groups excluding tert-OH is 1. The van der Waals surface area contributed by atoms with E-state index in [9.17, 15) is 0 Å². The molecule has 0 amide bonds. The van der Waals surface area contributed by atoms with Gasteiger partial charge in [0.05, 0.1) is 7.11 Å². The van der Waals surface area contributed by atoms with Gasteiger partial charge in [0.2, 0.25) is 0 Å². The van der Waals surface area contributed by atoms with E-state index in [1.807, 2.05) is 6.92 Å². The molecule has 0 radical (unpaired) electrons. The molecule has 84 valence electrons.